The van der Waals surface area contributed by atoms with Crippen molar-refractivity contribution in [1.82, 2.24) is 14.5 Å². The summed E-state index contributed by atoms with van der Waals surface area (Å²) in [6.45, 7) is 6.82. The van der Waals surface area contributed by atoms with Gasteiger partial charge in [0.15, 0.2) is 0 Å². The molecule has 0 atom stereocenters. The molecule has 0 spiro atoms. The highest BCUT2D eigenvalue weighted by Crippen LogP contribution is 2.29. The van der Waals surface area contributed by atoms with E-state index in [2.05, 4.69) is 16.9 Å². The van der Waals surface area contributed by atoms with E-state index in [9.17, 15) is 8.78 Å². The molecular formula is C20H23F2N3. The van der Waals surface area contributed by atoms with Crippen LogP contribution in [0, 0.1) is 19.8 Å². The minimum atomic E-state index is -2.74. The number of aromatic nitrogens is 3. The van der Waals surface area contributed by atoms with E-state index in [4.69, 9.17) is 0 Å². The molecule has 25 heavy (non-hydrogen) atoms. The first-order valence-corrected chi connectivity index (χ1v) is 8.51. The molecule has 0 aliphatic carbocycles. The second-order valence-electron chi connectivity index (χ2n) is 6.92. The van der Waals surface area contributed by atoms with E-state index >= 15 is 0 Å². The highest BCUT2D eigenvalue weighted by molar-refractivity contribution is 5.82. The third-order valence-corrected chi connectivity index (χ3v) is 4.86. The van der Waals surface area contributed by atoms with Crippen LogP contribution in [0.25, 0.3) is 10.9 Å². The second kappa shape index (κ2) is 6.54. The summed E-state index contributed by atoms with van der Waals surface area (Å²) in [6.07, 6.45) is 5.87. The SMILES string of the molecule is Cc1ccnc(C)c1Cc1nccc2c1ccn2CC(F)(F)C(C)C. The number of alkyl halides is 2. The van der Waals surface area contributed by atoms with Crippen molar-refractivity contribution < 1.29 is 8.78 Å². The fourth-order valence-corrected chi connectivity index (χ4v) is 3.03. The number of pyridine rings is 2. The van der Waals surface area contributed by atoms with Gasteiger partial charge in [-0.1, -0.05) is 13.8 Å². The molecule has 0 saturated carbocycles. The molecule has 3 rings (SSSR count). The van der Waals surface area contributed by atoms with Gasteiger partial charge in [0.2, 0.25) is 0 Å². The molecule has 5 heteroatoms. The van der Waals surface area contributed by atoms with Gasteiger partial charge in [0.05, 0.1) is 17.8 Å². The number of hydrogen-bond donors (Lipinski definition) is 0. The van der Waals surface area contributed by atoms with Crippen molar-refractivity contribution in [3.8, 4) is 0 Å². The Morgan fingerprint density at radius 2 is 1.80 bits per heavy atom. The molecule has 132 valence electrons. The van der Waals surface area contributed by atoms with Gasteiger partial charge in [0, 0.05) is 42.0 Å². The first-order valence-electron chi connectivity index (χ1n) is 8.51. The van der Waals surface area contributed by atoms with Gasteiger partial charge in [-0.3, -0.25) is 9.97 Å². The summed E-state index contributed by atoms with van der Waals surface area (Å²) in [5.74, 6) is -3.45. The second-order valence-corrected chi connectivity index (χ2v) is 6.92. The molecule has 0 amide bonds. The summed E-state index contributed by atoms with van der Waals surface area (Å²) < 4.78 is 29.9. The number of rotatable bonds is 5. The Morgan fingerprint density at radius 3 is 2.48 bits per heavy atom. The Hall–Kier alpha value is -2.30. The van der Waals surface area contributed by atoms with Crippen LogP contribution in [-0.4, -0.2) is 20.5 Å². The van der Waals surface area contributed by atoms with Crippen LogP contribution < -0.4 is 0 Å². The Morgan fingerprint density at radius 1 is 1.08 bits per heavy atom. The lowest BCUT2D eigenvalue weighted by molar-refractivity contribution is -0.0587. The molecule has 0 aliphatic heterocycles. The molecule has 3 aromatic heterocycles. The summed E-state index contributed by atoms with van der Waals surface area (Å²) in [4.78, 5) is 8.86. The first-order chi connectivity index (χ1) is 11.8. The molecule has 3 aromatic rings. The summed E-state index contributed by atoms with van der Waals surface area (Å²) in [5.41, 5.74) is 4.97. The molecule has 3 nitrogen and oxygen atoms in total. The third kappa shape index (κ3) is 3.41. The van der Waals surface area contributed by atoms with E-state index in [1.807, 2.05) is 19.1 Å². The van der Waals surface area contributed by atoms with Crippen LogP contribution in [-0.2, 0) is 13.0 Å². The van der Waals surface area contributed by atoms with Crippen molar-refractivity contribution in [3.63, 3.8) is 0 Å². The number of fused-ring (bicyclic) bond motifs is 1. The molecule has 0 unspecified atom stereocenters. The largest absolute Gasteiger partial charge is 0.341 e. The predicted molar refractivity (Wildman–Crippen MR) is 96.0 cm³/mol. The van der Waals surface area contributed by atoms with Crippen molar-refractivity contribution in [2.75, 3.05) is 0 Å². The molecule has 0 aliphatic rings. The average molecular weight is 343 g/mol. The van der Waals surface area contributed by atoms with E-state index in [0.717, 1.165) is 33.4 Å². The molecule has 0 fully saturated rings. The van der Waals surface area contributed by atoms with Crippen molar-refractivity contribution in [3.05, 3.63) is 59.3 Å². The molecular weight excluding hydrogens is 320 g/mol. The first kappa shape index (κ1) is 17.5. The standard InChI is InChI=1S/C20H23F2N3/c1-13(2)20(21,22)12-25-10-7-16-18(24-9-6-19(16)25)11-17-14(3)5-8-23-15(17)4/h5-10,13H,11-12H2,1-4H3. The zero-order valence-corrected chi connectivity index (χ0v) is 15.1. The van der Waals surface area contributed by atoms with Gasteiger partial charge in [0.25, 0.3) is 5.92 Å². The summed E-state index contributed by atoms with van der Waals surface area (Å²) >= 11 is 0. The van der Waals surface area contributed by atoms with Crippen LogP contribution in [0.2, 0.25) is 0 Å². The summed E-state index contributed by atoms with van der Waals surface area (Å²) in [6, 6.07) is 5.67. The normalized spacial score (nSPS) is 12.3. The summed E-state index contributed by atoms with van der Waals surface area (Å²) in [7, 11) is 0. The van der Waals surface area contributed by atoms with Crippen molar-refractivity contribution in [2.45, 2.75) is 46.6 Å². The van der Waals surface area contributed by atoms with Gasteiger partial charge in [-0.05, 0) is 43.2 Å². The quantitative estimate of drug-likeness (QED) is 0.657. The molecule has 0 aromatic carbocycles. The number of halogens is 2. The molecule has 3 heterocycles. The van der Waals surface area contributed by atoms with Crippen LogP contribution in [0.1, 0.15) is 36.4 Å². The zero-order chi connectivity index (χ0) is 18.2. The lowest BCUT2D eigenvalue weighted by Crippen LogP contribution is -2.29. The fourth-order valence-electron chi connectivity index (χ4n) is 3.03. The minimum absolute atomic E-state index is 0.317. The lowest BCUT2D eigenvalue weighted by atomic mass is 10.0. The average Bonchev–Trinajstić information content (AvgIpc) is 2.94. The number of nitrogens with zero attached hydrogens (tertiary/aromatic N) is 3. The van der Waals surface area contributed by atoms with E-state index < -0.39 is 11.8 Å². The Kier molecular flexibility index (Phi) is 4.58. The lowest BCUT2D eigenvalue weighted by Gasteiger charge is -2.21. The molecule has 0 bridgehead atoms. The predicted octanol–water partition coefficient (Wildman–Crippen LogP) is 4.93. The maximum absolute atomic E-state index is 14.1. The van der Waals surface area contributed by atoms with Gasteiger partial charge in [-0.25, -0.2) is 8.78 Å². The van der Waals surface area contributed by atoms with Crippen LogP contribution in [0.3, 0.4) is 0 Å². The third-order valence-electron chi connectivity index (χ3n) is 4.86. The van der Waals surface area contributed by atoms with Crippen LogP contribution in [0.5, 0.6) is 0 Å². The Labute approximate surface area is 146 Å². The number of hydrogen-bond acceptors (Lipinski definition) is 2. The van der Waals surface area contributed by atoms with Crippen LogP contribution in [0.15, 0.2) is 36.8 Å². The molecule has 0 radical (unpaired) electrons. The van der Waals surface area contributed by atoms with Crippen LogP contribution in [0.4, 0.5) is 8.78 Å². The van der Waals surface area contributed by atoms with Crippen LogP contribution >= 0.6 is 0 Å². The maximum atomic E-state index is 14.1. The van der Waals surface area contributed by atoms with E-state index in [-0.39, 0.29) is 6.54 Å². The van der Waals surface area contributed by atoms with Gasteiger partial charge in [-0.15, -0.1) is 0 Å². The van der Waals surface area contributed by atoms with Crippen molar-refractivity contribution >= 4 is 10.9 Å². The van der Waals surface area contributed by atoms with Gasteiger partial charge in [-0.2, -0.15) is 0 Å². The van der Waals surface area contributed by atoms with E-state index in [1.54, 1.807) is 43.1 Å². The highest BCUT2D eigenvalue weighted by atomic mass is 19.3. The van der Waals surface area contributed by atoms with Gasteiger partial charge < -0.3 is 4.57 Å². The minimum Gasteiger partial charge on any atom is -0.341 e. The number of aryl methyl sites for hydroxylation is 2. The maximum Gasteiger partial charge on any atom is 0.267 e. The molecule has 0 saturated heterocycles. The van der Waals surface area contributed by atoms with E-state index in [0.29, 0.717) is 6.42 Å². The van der Waals surface area contributed by atoms with Gasteiger partial charge >= 0.3 is 0 Å². The van der Waals surface area contributed by atoms with Crippen molar-refractivity contribution in [1.29, 1.82) is 0 Å². The zero-order valence-electron chi connectivity index (χ0n) is 15.1. The van der Waals surface area contributed by atoms with Crippen molar-refractivity contribution in [2.24, 2.45) is 5.92 Å². The highest BCUT2D eigenvalue weighted by Gasteiger charge is 2.34. The summed E-state index contributed by atoms with van der Waals surface area (Å²) in [5, 5.41) is 0.921. The molecule has 0 N–H and O–H groups in total. The topological polar surface area (TPSA) is 30.7 Å². The fraction of sp³-hybridized carbons (Fsp3) is 0.400. The van der Waals surface area contributed by atoms with Gasteiger partial charge in [0.1, 0.15) is 0 Å². The Bertz CT molecular complexity index is 877. The monoisotopic (exact) mass is 343 g/mol. The van der Waals surface area contributed by atoms with E-state index in [1.165, 1.54) is 0 Å². The smallest absolute Gasteiger partial charge is 0.267 e. The Balaban J connectivity index is 1.99.